The molecular formula is C28H25ClN4O2S2. The van der Waals surface area contributed by atoms with Crippen LogP contribution in [0.1, 0.15) is 35.5 Å². The highest BCUT2D eigenvalue weighted by Gasteiger charge is 2.41. The topological polar surface area (TPSA) is 70.4 Å². The molecule has 3 heterocycles. The molecule has 0 saturated carbocycles. The molecule has 0 radical (unpaired) electrons. The molecular weight excluding hydrogens is 524 g/mol. The number of pyridine rings is 1. The summed E-state index contributed by atoms with van der Waals surface area (Å²) in [5, 5.41) is 8.41. The van der Waals surface area contributed by atoms with Gasteiger partial charge < -0.3 is 20.0 Å². The molecule has 2 aromatic heterocycles. The lowest BCUT2D eigenvalue weighted by Crippen LogP contribution is -2.32. The van der Waals surface area contributed by atoms with Gasteiger partial charge in [-0.15, -0.1) is 0 Å². The Bertz CT molecular complexity index is 1390. The zero-order valence-electron chi connectivity index (χ0n) is 20.1. The summed E-state index contributed by atoms with van der Waals surface area (Å²) >= 11 is 13.3. The third-order valence-corrected chi connectivity index (χ3v) is 7.66. The number of aromatic nitrogens is 1. The smallest absolute Gasteiger partial charge is 0.226 e. The molecule has 1 amide bonds. The van der Waals surface area contributed by atoms with Crippen LogP contribution in [0.3, 0.4) is 0 Å². The van der Waals surface area contributed by atoms with E-state index in [1.165, 1.54) is 11.8 Å². The molecule has 1 saturated heterocycles. The third kappa shape index (κ3) is 5.98. The number of nitrogens with zero attached hydrogens (tertiary/aromatic N) is 2. The van der Waals surface area contributed by atoms with E-state index in [0.717, 1.165) is 32.7 Å². The zero-order chi connectivity index (χ0) is 25.8. The zero-order valence-corrected chi connectivity index (χ0v) is 22.4. The second kappa shape index (κ2) is 11.4. The lowest BCUT2D eigenvalue weighted by atomic mass is 10.0. The van der Waals surface area contributed by atoms with Crippen LogP contribution in [-0.2, 0) is 4.79 Å². The Hall–Kier alpha value is -3.33. The van der Waals surface area contributed by atoms with Crippen molar-refractivity contribution >= 4 is 52.3 Å². The molecule has 1 aliphatic rings. The number of thiocarbonyl (C=S) groups is 1. The summed E-state index contributed by atoms with van der Waals surface area (Å²) in [6.07, 6.45) is 2.04. The van der Waals surface area contributed by atoms with Gasteiger partial charge in [-0.3, -0.25) is 9.78 Å². The van der Waals surface area contributed by atoms with Crippen molar-refractivity contribution < 1.29 is 9.21 Å². The molecule has 0 aliphatic carbocycles. The van der Waals surface area contributed by atoms with Crippen LogP contribution in [-0.4, -0.2) is 27.4 Å². The first-order valence-corrected chi connectivity index (χ1v) is 13.4. The van der Waals surface area contributed by atoms with Crippen LogP contribution in [0.25, 0.3) is 0 Å². The van der Waals surface area contributed by atoms with Crippen molar-refractivity contribution in [2.75, 3.05) is 11.9 Å². The Morgan fingerprint density at radius 2 is 1.89 bits per heavy atom. The van der Waals surface area contributed by atoms with E-state index in [1.807, 2.05) is 90.7 Å². The number of carbonyl (C=O) groups is 1. The van der Waals surface area contributed by atoms with Crippen LogP contribution < -0.4 is 10.6 Å². The van der Waals surface area contributed by atoms with Gasteiger partial charge in [-0.2, -0.15) is 0 Å². The maximum Gasteiger partial charge on any atom is 0.226 e. The maximum absolute atomic E-state index is 12.8. The standard InChI is InChI=1S/C28H25ClN4O2S2/c1-18-6-2-3-7-21(18)31-24(34)15-17-33-27(26(32-28(33)36)22-8-4-5-16-30-22)23-13-14-25(35-23)37-20-11-9-19(29)10-12-20/h2-14,16,26-27H,15,17H2,1H3,(H,31,34)(H,32,36)/t26-,27-/m1/s1. The number of aryl methyl sites for hydroxylation is 1. The van der Waals surface area contributed by atoms with Crippen LogP contribution in [0.15, 0.2) is 99.5 Å². The highest BCUT2D eigenvalue weighted by Crippen LogP contribution is 2.41. The quantitative estimate of drug-likeness (QED) is 0.235. The molecule has 1 fully saturated rings. The lowest BCUT2D eigenvalue weighted by Gasteiger charge is -2.25. The number of benzene rings is 2. The number of carbonyl (C=O) groups excluding carboxylic acids is 1. The number of amides is 1. The molecule has 6 nitrogen and oxygen atoms in total. The number of nitrogens with one attached hydrogen (secondary N) is 2. The summed E-state index contributed by atoms with van der Waals surface area (Å²) in [6.45, 7) is 2.40. The molecule has 1 aliphatic heterocycles. The van der Waals surface area contributed by atoms with Gasteiger partial charge in [-0.05, 0) is 79.3 Å². The fourth-order valence-electron chi connectivity index (χ4n) is 4.27. The minimum absolute atomic E-state index is 0.0736. The Kier molecular flexibility index (Phi) is 7.79. The average molecular weight is 549 g/mol. The second-order valence-corrected chi connectivity index (χ2v) is 10.5. The minimum Gasteiger partial charge on any atom is -0.452 e. The van der Waals surface area contributed by atoms with Crippen LogP contribution in [0.4, 0.5) is 5.69 Å². The fourth-order valence-corrected chi connectivity index (χ4v) is 5.51. The van der Waals surface area contributed by atoms with Gasteiger partial charge in [0.2, 0.25) is 5.91 Å². The Morgan fingerprint density at radius 3 is 2.65 bits per heavy atom. The first-order valence-electron chi connectivity index (χ1n) is 11.8. The molecule has 9 heteroatoms. The Balaban J connectivity index is 1.36. The van der Waals surface area contributed by atoms with Crippen molar-refractivity contribution in [3.8, 4) is 0 Å². The van der Waals surface area contributed by atoms with Crippen LogP contribution >= 0.6 is 35.6 Å². The Labute approximate surface area is 230 Å². The predicted molar refractivity (Wildman–Crippen MR) is 151 cm³/mol. The first-order chi connectivity index (χ1) is 18.0. The fraction of sp³-hybridized carbons (Fsp3) is 0.179. The van der Waals surface area contributed by atoms with E-state index in [0.29, 0.717) is 16.7 Å². The number of furan rings is 1. The normalized spacial score (nSPS) is 17.0. The molecule has 4 aromatic rings. The molecule has 0 spiro atoms. The van der Waals surface area contributed by atoms with E-state index >= 15 is 0 Å². The Morgan fingerprint density at radius 1 is 1.11 bits per heavy atom. The molecule has 5 rings (SSSR count). The summed E-state index contributed by atoms with van der Waals surface area (Å²) in [6, 6.07) is 24.6. The van der Waals surface area contributed by atoms with Crippen molar-refractivity contribution in [2.45, 2.75) is 35.4 Å². The first kappa shape index (κ1) is 25.3. The van der Waals surface area contributed by atoms with Crippen molar-refractivity contribution in [3.63, 3.8) is 0 Å². The van der Waals surface area contributed by atoms with E-state index in [1.54, 1.807) is 6.20 Å². The van der Waals surface area contributed by atoms with Crippen LogP contribution in [0.5, 0.6) is 0 Å². The molecule has 2 aromatic carbocycles. The van der Waals surface area contributed by atoms with E-state index < -0.39 is 0 Å². The van der Waals surface area contributed by atoms with Gasteiger partial charge in [-0.1, -0.05) is 47.6 Å². The molecule has 2 N–H and O–H groups in total. The lowest BCUT2D eigenvalue weighted by molar-refractivity contribution is -0.116. The molecule has 0 unspecified atom stereocenters. The summed E-state index contributed by atoms with van der Waals surface area (Å²) in [7, 11) is 0. The molecule has 0 bridgehead atoms. The number of hydrogen-bond donors (Lipinski definition) is 2. The third-order valence-electron chi connectivity index (χ3n) is 6.12. The maximum atomic E-state index is 12.8. The van der Waals surface area contributed by atoms with Gasteiger partial charge in [0.25, 0.3) is 0 Å². The number of hydrogen-bond acceptors (Lipinski definition) is 5. The van der Waals surface area contributed by atoms with Gasteiger partial charge in [0.1, 0.15) is 11.8 Å². The van der Waals surface area contributed by atoms with Gasteiger partial charge in [0.05, 0.1) is 11.7 Å². The monoisotopic (exact) mass is 548 g/mol. The van der Waals surface area contributed by atoms with Gasteiger partial charge >= 0.3 is 0 Å². The van der Waals surface area contributed by atoms with Crippen molar-refractivity contribution in [1.82, 2.24) is 15.2 Å². The van der Waals surface area contributed by atoms with Gasteiger partial charge in [0, 0.05) is 34.8 Å². The van der Waals surface area contributed by atoms with Gasteiger partial charge in [0.15, 0.2) is 10.2 Å². The molecule has 2 atom stereocenters. The SMILES string of the molecule is Cc1ccccc1NC(=O)CCN1C(=S)N[C@H](c2ccccn2)[C@H]1c1ccc(Sc2ccc(Cl)cc2)o1. The molecule has 37 heavy (non-hydrogen) atoms. The molecule has 188 valence electrons. The van der Waals surface area contributed by atoms with E-state index in [9.17, 15) is 4.79 Å². The minimum atomic E-state index is -0.256. The summed E-state index contributed by atoms with van der Waals surface area (Å²) < 4.78 is 6.31. The van der Waals surface area contributed by atoms with E-state index in [2.05, 4.69) is 15.6 Å². The summed E-state index contributed by atoms with van der Waals surface area (Å²) in [5.41, 5.74) is 2.68. The van der Waals surface area contributed by atoms with Crippen molar-refractivity contribution in [2.24, 2.45) is 0 Å². The summed E-state index contributed by atoms with van der Waals surface area (Å²) in [4.78, 5) is 20.4. The van der Waals surface area contributed by atoms with Crippen LogP contribution in [0, 0.1) is 6.92 Å². The average Bonchev–Trinajstić information content (AvgIpc) is 3.49. The predicted octanol–water partition coefficient (Wildman–Crippen LogP) is 6.79. The number of para-hydroxylation sites is 1. The van der Waals surface area contributed by atoms with E-state index in [4.69, 9.17) is 28.2 Å². The highest BCUT2D eigenvalue weighted by atomic mass is 35.5. The van der Waals surface area contributed by atoms with E-state index in [-0.39, 0.29) is 24.4 Å². The number of rotatable bonds is 8. The van der Waals surface area contributed by atoms with Gasteiger partial charge in [-0.25, -0.2) is 0 Å². The highest BCUT2D eigenvalue weighted by molar-refractivity contribution is 7.99. The number of anilines is 1. The summed E-state index contributed by atoms with van der Waals surface area (Å²) in [5.74, 6) is 0.675. The van der Waals surface area contributed by atoms with Crippen LogP contribution in [0.2, 0.25) is 5.02 Å². The second-order valence-electron chi connectivity index (χ2n) is 8.65. The largest absolute Gasteiger partial charge is 0.452 e. The number of halogens is 1. The van der Waals surface area contributed by atoms with Crippen molar-refractivity contribution in [1.29, 1.82) is 0 Å². The van der Waals surface area contributed by atoms with Crippen molar-refractivity contribution in [3.05, 3.63) is 107 Å².